The molecular formula is C8H16. The molecule has 0 aromatic heterocycles. The first kappa shape index (κ1) is 8.00. The quantitative estimate of drug-likeness (QED) is 0.452. The minimum Gasteiger partial charge on any atom is -0.0628 e. The molecule has 0 N–H and O–H groups in total. The van der Waals surface area contributed by atoms with Gasteiger partial charge in [-0.25, -0.2) is 0 Å². The molecular weight excluding hydrogens is 96.1 g/mol. The second-order valence-electron chi connectivity index (χ2n) is 2.84. The zero-order valence-electron chi connectivity index (χ0n) is 5.98. The predicted molar refractivity (Wildman–Crippen MR) is 38.3 cm³/mol. The Balaban J connectivity index is 0.000000122. The molecule has 1 fully saturated rings. The zero-order valence-corrected chi connectivity index (χ0v) is 5.98. The first-order valence-electron chi connectivity index (χ1n) is 3.29. The van der Waals surface area contributed by atoms with Crippen molar-refractivity contribution in [3.05, 3.63) is 13.8 Å². The van der Waals surface area contributed by atoms with Crippen molar-refractivity contribution in [3.63, 3.8) is 0 Å². The van der Waals surface area contributed by atoms with Gasteiger partial charge in [0.25, 0.3) is 0 Å². The molecule has 1 aliphatic rings. The molecule has 0 aromatic carbocycles. The normalized spacial score (nSPS) is 17.6. The molecule has 0 unspecified atom stereocenters. The van der Waals surface area contributed by atoms with Gasteiger partial charge in [-0.2, -0.15) is 0 Å². The molecule has 0 amide bonds. The standard InChI is InChI=1S/C4H7.C4H9/c1-4-2-3-4;1-4(2)3/h4H,1-3H2;4H,1H2,2-3H3. The Morgan fingerprint density at radius 1 is 1.38 bits per heavy atom. The van der Waals surface area contributed by atoms with Crippen LogP contribution >= 0.6 is 0 Å². The molecule has 0 bridgehead atoms. The Kier molecular flexibility index (Phi) is 3.94. The van der Waals surface area contributed by atoms with E-state index in [0.29, 0.717) is 5.92 Å². The maximum absolute atomic E-state index is 3.75. The van der Waals surface area contributed by atoms with E-state index in [2.05, 4.69) is 27.7 Å². The van der Waals surface area contributed by atoms with E-state index in [9.17, 15) is 0 Å². The smallest absolute Gasteiger partial charge is 0.0414 e. The van der Waals surface area contributed by atoms with E-state index in [1.807, 2.05) is 0 Å². The molecule has 0 heteroatoms. The number of hydrogen-bond acceptors (Lipinski definition) is 0. The molecule has 0 saturated heterocycles. The van der Waals surface area contributed by atoms with Gasteiger partial charge < -0.3 is 0 Å². The third kappa shape index (κ3) is 16.7. The third-order valence-corrected chi connectivity index (χ3v) is 0.697. The molecule has 1 aliphatic carbocycles. The Hall–Kier alpha value is 0. The Labute approximate surface area is 53.3 Å². The van der Waals surface area contributed by atoms with Crippen LogP contribution in [0.5, 0.6) is 0 Å². The molecule has 8 heavy (non-hydrogen) atoms. The lowest BCUT2D eigenvalue weighted by Gasteiger charge is -1.78. The summed E-state index contributed by atoms with van der Waals surface area (Å²) >= 11 is 0. The van der Waals surface area contributed by atoms with Crippen LogP contribution < -0.4 is 0 Å². The molecule has 48 valence electrons. The first-order chi connectivity index (χ1) is 3.63. The lowest BCUT2D eigenvalue weighted by atomic mass is 10.3. The monoisotopic (exact) mass is 112 g/mol. The van der Waals surface area contributed by atoms with Crippen LogP contribution in [0.25, 0.3) is 0 Å². The summed E-state index contributed by atoms with van der Waals surface area (Å²) in [6.45, 7) is 11.5. The molecule has 2 radical (unpaired) electrons. The van der Waals surface area contributed by atoms with Crippen LogP contribution in [0.4, 0.5) is 0 Å². The second kappa shape index (κ2) is 3.94. The lowest BCUT2D eigenvalue weighted by molar-refractivity contribution is 0.827. The second-order valence-corrected chi connectivity index (χ2v) is 2.84. The number of rotatable bonds is 0. The van der Waals surface area contributed by atoms with E-state index >= 15 is 0 Å². The summed E-state index contributed by atoms with van der Waals surface area (Å²) in [6.07, 6.45) is 2.75. The topological polar surface area (TPSA) is 0 Å². The van der Waals surface area contributed by atoms with Gasteiger partial charge in [0.15, 0.2) is 0 Å². The zero-order chi connectivity index (χ0) is 6.57. The van der Waals surface area contributed by atoms with Crippen LogP contribution in [0.15, 0.2) is 0 Å². The van der Waals surface area contributed by atoms with E-state index in [-0.39, 0.29) is 0 Å². The Morgan fingerprint density at radius 3 is 1.50 bits per heavy atom. The summed E-state index contributed by atoms with van der Waals surface area (Å²) in [6, 6.07) is 0. The summed E-state index contributed by atoms with van der Waals surface area (Å²) in [5, 5.41) is 0. The summed E-state index contributed by atoms with van der Waals surface area (Å²) in [7, 11) is 0. The first-order valence-corrected chi connectivity index (χ1v) is 3.29. The van der Waals surface area contributed by atoms with Crippen molar-refractivity contribution in [2.75, 3.05) is 0 Å². The lowest BCUT2D eigenvalue weighted by Crippen LogP contribution is -1.67. The van der Waals surface area contributed by atoms with E-state index in [1.54, 1.807) is 0 Å². The maximum Gasteiger partial charge on any atom is -0.0414 e. The van der Waals surface area contributed by atoms with Crippen LogP contribution in [-0.2, 0) is 0 Å². The van der Waals surface area contributed by atoms with Crippen LogP contribution in [0.2, 0.25) is 0 Å². The van der Waals surface area contributed by atoms with Crippen molar-refractivity contribution >= 4 is 0 Å². The van der Waals surface area contributed by atoms with Gasteiger partial charge in [-0.05, 0) is 11.8 Å². The highest BCUT2D eigenvalue weighted by Gasteiger charge is 2.12. The van der Waals surface area contributed by atoms with Crippen LogP contribution in [0.1, 0.15) is 26.7 Å². The van der Waals surface area contributed by atoms with Gasteiger partial charge in [-0.1, -0.05) is 40.5 Å². The van der Waals surface area contributed by atoms with Crippen molar-refractivity contribution in [1.82, 2.24) is 0 Å². The molecule has 1 saturated carbocycles. The van der Waals surface area contributed by atoms with Gasteiger partial charge in [0.1, 0.15) is 0 Å². The highest BCUT2D eigenvalue weighted by Crippen LogP contribution is 2.26. The largest absolute Gasteiger partial charge is 0.0628 e. The summed E-state index contributed by atoms with van der Waals surface area (Å²) in [5.74, 6) is 1.42. The average Bonchev–Trinajstić information content (AvgIpc) is 2.19. The van der Waals surface area contributed by atoms with Gasteiger partial charge in [-0.15, -0.1) is 0 Å². The molecule has 0 atom stereocenters. The maximum atomic E-state index is 3.75. The Bertz CT molecular complexity index is 39.2. The van der Waals surface area contributed by atoms with Crippen molar-refractivity contribution < 1.29 is 0 Å². The molecule has 0 spiro atoms. The van der Waals surface area contributed by atoms with Crippen molar-refractivity contribution in [1.29, 1.82) is 0 Å². The molecule has 0 heterocycles. The fourth-order valence-electron chi connectivity index (χ4n) is 0.118. The van der Waals surface area contributed by atoms with Gasteiger partial charge >= 0.3 is 0 Å². The summed E-state index contributed by atoms with van der Waals surface area (Å²) in [4.78, 5) is 0. The molecule has 0 nitrogen and oxygen atoms in total. The van der Waals surface area contributed by atoms with Crippen LogP contribution in [-0.4, -0.2) is 0 Å². The van der Waals surface area contributed by atoms with Gasteiger partial charge in [0.2, 0.25) is 0 Å². The average molecular weight is 112 g/mol. The highest BCUT2D eigenvalue weighted by molar-refractivity contribution is 4.73. The van der Waals surface area contributed by atoms with Crippen molar-refractivity contribution in [3.8, 4) is 0 Å². The summed E-state index contributed by atoms with van der Waals surface area (Å²) in [5.41, 5.74) is 0. The molecule has 0 aliphatic heterocycles. The number of hydrogen-bond donors (Lipinski definition) is 0. The molecule has 0 aromatic rings. The predicted octanol–water partition coefficient (Wildman–Crippen LogP) is 2.71. The minimum absolute atomic E-state index is 0.583. The minimum atomic E-state index is 0.583. The fourth-order valence-corrected chi connectivity index (χ4v) is 0.118. The van der Waals surface area contributed by atoms with Crippen molar-refractivity contribution in [2.45, 2.75) is 26.7 Å². The van der Waals surface area contributed by atoms with Gasteiger partial charge in [0, 0.05) is 0 Å². The SMILES string of the molecule is [CH2]C(C)C.[CH2]C1CC1. The fraction of sp³-hybridized carbons (Fsp3) is 0.750. The van der Waals surface area contributed by atoms with Crippen LogP contribution in [0, 0.1) is 25.7 Å². The van der Waals surface area contributed by atoms with E-state index in [1.165, 1.54) is 12.8 Å². The third-order valence-electron chi connectivity index (χ3n) is 0.697. The van der Waals surface area contributed by atoms with E-state index in [4.69, 9.17) is 0 Å². The van der Waals surface area contributed by atoms with E-state index < -0.39 is 0 Å². The van der Waals surface area contributed by atoms with Crippen molar-refractivity contribution in [2.24, 2.45) is 11.8 Å². The Morgan fingerprint density at radius 2 is 1.50 bits per heavy atom. The van der Waals surface area contributed by atoms with Gasteiger partial charge in [0.05, 0.1) is 0 Å². The summed E-state index contributed by atoms with van der Waals surface area (Å²) < 4.78 is 0. The highest BCUT2D eigenvalue weighted by atomic mass is 14.2. The molecule has 1 rings (SSSR count). The van der Waals surface area contributed by atoms with Gasteiger partial charge in [-0.3, -0.25) is 0 Å². The van der Waals surface area contributed by atoms with E-state index in [0.717, 1.165) is 5.92 Å². The van der Waals surface area contributed by atoms with Crippen LogP contribution in [0.3, 0.4) is 0 Å².